The maximum absolute atomic E-state index is 12.4. The van der Waals surface area contributed by atoms with Crippen molar-refractivity contribution < 1.29 is 14.3 Å². The number of fused-ring (bicyclic) bond motifs is 4. The SMILES string of the molecule is CCOC(=O)N1C2CCC1CC(N1CCC3(CC1)CN(C(C)=O)c1ccc(Cl)cc13)C2. The first-order valence-electron chi connectivity index (χ1n) is 11.7. The Bertz CT molecular complexity index is 869. The fourth-order valence-corrected chi connectivity index (χ4v) is 6.78. The van der Waals surface area contributed by atoms with Crippen LogP contribution < -0.4 is 4.90 Å². The van der Waals surface area contributed by atoms with Gasteiger partial charge in [-0.25, -0.2) is 4.79 Å². The molecule has 3 fully saturated rings. The van der Waals surface area contributed by atoms with E-state index in [2.05, 4.69) is 11.0 Å². The Labute approximate surface area is 189 Å². The minimum Gasteiger partial charge on any atom is -0.450 e. The lowest BCUT2D eigenvalue weighted by atomic mass is 9.73. The summed E-state index contributed by atoms with van der Waals surface area (Å²) in [5.41, 5.74) is 2.28. The summed E-state index contributed by atoms with van der Waals surface area (Å²) in [6.07, 6.45) is 6.23. The van der Waals surface area contributed by atoms with Crippen molar-refractivity contribution in [1.29, 1.82) is 0 Å². The Morgan fingerprint density at radius 1 is 1.13 bits per heavy atom. The van der Waals surface area contributed by atoms with Gasteiger partial charge in [0.2, 0.25) is 5.91 Å². The molecule has 1 spiro atoms. The normalized spacial score (nSPS) is 29.3. The molecule has 2 atom stereocenters. The minimum absolute atomic E-state index is 0.00696. The summed E-state index contributed by atoms with van der Waals surface area (Å²) in [7, 11) is 0. The molecule has 4 heterocycles. The largest absolute Gasteiger partial charge is 0.450 e. The number of nitrogens with zero attached hydrogens (tertiary/aromatic N) is 3. The van der Waals surface area contributed by atoms with Crippen LogP contribution in [0.1, 0.15) is 57.9 Å². The number of carbonyl (C=O) groups excluding carboxylic acids is 2. The van der Waals surface area contributed by atoms with E-state index < -0.39 is 0 Å². The minimum atomic E-state index is -0.130. The van der Waals surface area contributed by atoms with Crippen molar-refractivity contribution in [1.82, 2.24) is 9.80 Å². The molecule has 7 heteroatoms. The molecule has 0 radical (unpaired) electrons. The van der Waals surface area contributed by atoms with Crippen LogP contribution in [-0.2, 0) is 14.9 Å². The average Bonchev–Trinajstić information content (AvgIpc) is 3.20. The molecule has 2 amide bonds. The maximum Gasteiger partial charge on any atom is 0.410 e. The molecule has 1 aromatic rings. The summed E-state index contributed by atoms with van der Waals surface area (Å²) in [6, 6.07) is 7.13. The Morgan fingerprint density at radius 2 is 1.81 bits per heavy atom. The Morgan fingerprint density at radius 3 is 2.42 bits per heavy atom. The number of halogens is 1. The Balaban J connectivity index is 1.28. The van der Waals surface area contributed by atoms with Gasteiger partial charge in [-0.05, 0) is 82.3 Å². The van der Waals surface area contributed by atoms with Crippen LogP contribution in [-0.4, -0.2) is 66.2 Å². The van der Waals surface area contributed by atoms with Gasteiger partial charge in [-0.15, -0.1) is 0 Å². The number of ether oxygens (including phenoxy) is 1. The molecule has 5 rings (SSSR count). The zero-order valence-electron chi connectivity index (χ0n) is 18.5. The molecule has 168 valence electrons. The summed E-state index contributed by atoms with van der Waals surface area (Å²) >= 11 is 6.35. The van der Waals surface area contributed by atoms with Gasteiger partial charge in [0.25, 0.3) is 0 Å². The lowest BCUT2D eigenvalue weighted by Crippen LogP contribution is -2.55. The zero-order valence-corrected chi connectivity index (χ0v) is 19.2. The number of benzene rings is 1. The van der Waals surface area contributed by atoms with Crippen LogP contribution in [0.2, 0.25) is 5.02 Å². The third-order valence-electron chi connectivity index (χ3n) is 8.12. The molecule has 0 aromatic heterocycles. The molecule has 1 aromatic carbocycles. The van der Waals surface area contributed by atoms with Crippen molar-refractivity contribution in [2.45, 2.75) is 75.9 Å². The molecule has 0 saturated carbocycles. The maximum atomic E-state index is 12.4. The number of amides is 2. The highest BCUT2D eigenvalue weighted by atomic mass is 35.5. The molecule has 31 heavy (non-hydrogen) atoms. The van der Waals surface area contributed by atoms with Crippen molar-refractivity contribution in [3.8, 4) is 0 Å². The molecule has 2 unspecified atom stereocenters. The van der Waals surface area contributed by atoms with Crippen LogP contribution in [0.4, 0.5) is 10.5 Å². The van der Waals surface area contributed by atoms with Crippen LogP contribution in [0, 0.1) is 0 Å². The number of likely N-dealkylation sites (tertiary alicyclic amines) is 1. The van der Waals surface area contributed by atoms with E-state index in [1.54, 1.807) is 6.92 Å². The van der Waals surface area contributed by atoms with Crippen molar-refractivity contribution in [2.75, 3.05) is 31.1 Å². The first-order valence-corrected chi connectivity index (χ1v) is 12.1. The van der Waals surface area contributed by atoms with Gasteiger partial charge < -0.3 is 19.4 Å². The second-order valence-corrected chi connectivity index (χ2v) is 10.1. The highest BCUT2D eigenvalue weighted by Crippen LogP contribution is 2.49. The standard InChI is InChI=1S/C24H32ClN3O3/c1-3-31-23(30)28-18-5-6-19(28)14-20(13-18)26-10-8-24(9-11-26)15-27(16(2)29)22-7-4-17(25)12-21(22)24/h4,7,12,18-20H,3,5-6,8-11,13-15H2,1-2H3. The van der Waals surface area contributed by atoms with Gasteiger partial charge in [0.15, 0.2) is 0 Å². The van der Waals surface area contributed by atoms with Gasteiger partial charge in [-0.2, -0.15) is 0 Å². The summed E-state index contributed by atoms with van der Waals surface area (Å²) in [5.74, 6) is 0.103. The third-order valence-corrected chi connectivity index (χ3v) is 8.36. The van der Waals surface area contributed by atoms with Gasteiger partial charge in [0.05, 0.1) is 6.61 Å². The van der Waals surface area contributed by atoms with Gasteiger partial charge >= 0.3 is 6.09 Å². The number of hydrogen-bond donors (Lipinski definition) is 0. The zero-order chi connectivity index (χ0) is 21.8. The Hall–Kier alpha value is -1.79. The van der Waals surface area contributed by atoms with Crippen molar-refractivity contribution in [3.05, 3.63) is 28.8 Å². The number of anilines is 1. The molecule has 4 aliphatic heterocycles. The first kappa shape index (κ1) is 21.1. The van der Waals surface area contributed by atoms with Crippen molar-refractivity contribution >= 4 is 29.3 Å². The summed E-state index contributed by atoms with van der Waals surface area (Å²) < 4.78 is 5.31. The van der Waals surface area contributed by atoms with E-state index in [0.29, 0.717) is 24.7 Å². The topological polar surface area (TPSA) is 53.1 Å². The van der Waals surface area contributed by atoms with Gasteiger partial charge in [0, 0.05) is 47.7 Å². The highest BCUT2D eigenvalue weighted by Gasteiger charge is 2.49. The summed E-state index contributed by atoms with van der Waals surface area (Å²) in [4.78, 5) is 31.3. The van der Waals surface area contributed by atoms with Crippen molar-refractivity contribution in [3.63, 3.8) is 0 Å². The summed E-state index contributed by atoms with van der Waals surface area (Å²) in [6.45, 7) is 6.79. The fraction of sp³-hybridized carbons (Fsp3) is 0.667. The van der Waals surface area contributed by atoms with Crippen molar-refractivity contribution in [2.24, 2.45) is 0 Å². The molecule has 2 bridgehead atoms. The van der Waals surface area contributed by atoms with E-state index in [1.807, 2.05) is 28.9 Å². The van der Waals surface area contributed by atoms with E-state index in [4.69, 9.17) is 16.3 Å². The van der Waals surface area contributed by atoms with Crippen LogP contribution in [0.15, 0.2) is 18.2 Å². The number of carbonyl (C=O) groups is 2. The summed E-state index contributed by atoms with van der Waals surface area (Å²) in [5, 5.41) is 0.744. The first-order chi connectivity index (χ1) is 14.9. The van der Waals surface area contributed by atoms with Gasteiger partial charge in [0.1, 0.15) is 0 Å². The number of rotatable bonds is 2. The Kier molecular flexibility index (Phi) is 5.41. The monoisotopic (exact) mass is 445 g/mol. The number of hydrogen-bond acceptors (Lipinski definition) is 4. The van der Waals surface area contributed by atoms with Gasteiger partial charge in [-0.1, -0.05) is 11.6 Å². The molecule has 4 aliphatic rings. The second kappa shape index (κ2) is 7.96. The average molecular weight is 446 g/mol. The third kappa shape index (κ3) is 3.52. The van der Waals surface area contributed by atoms with Crippen LogP contribution in [0.3, 0.4) is 0 Å². The lowest BCUT2D eigenvalue weighted by molar-refractivity contribution is -0.116. The second-order valence-electron chi connectivity index (χ2n) is 9.70. The highest BCUT2D eigenvalue weighted by molar-refractivity contribution is 6.30. The van der Waals surface area contributed by atoms with Crippen LogP contribution in [0.25, 0.3) is 0 Å². The van der Waals surface area contributed by atoms with Crippen LogP contribution in [0.5, 0.6) is 0 Å². The molecular formula is C24H32ClN3O3. The van der Waals surface area contributed by atoms with Gasteiger partial charge in [-0.3, -0.25) is 4.79 Å². The lowest BCUT2D eigenvalue weighted by Gasteiger charge is -2.47. The van der Waals surface area contributed by atoms with E-state index in [0.717, 1.165) is 68.9 Å². The fourth-order valence-electron chi connectivity index (χ4n) is 6.61. The smallest absolute Gasteiger partial charge is 0.410 e. The molecule has 0 N–H and O–H groups in total. The molecule has 0 aliphatic carbocycles. The molecule has 3 saturated heterocycles. The quantitative estimate of drug-likeness (QED) is 0.684. The van der Waals surface area contributed by atoms with E-state index in [1.165, 1.54) is 5.56 Å². The van der Waals surface area contributed by atoms with E-state index in [9.17, 15) is 9.59 Å². The predicted octanol–water partition coefficient (Wildman–Crippen LogP) is 4.19. The van der Waals surface area contributed by atoms with E-state index in [-0.39, 0.29) is 17.4 Å². The molecular weight excluding hydrogens is 414 g/mol. The predicted molar refractivity (Wildman–Crippen MR) is 121 cm³/mol. The number of piperidine rings is 2. The molecule has 6 nitrogen and oxygen atoms in total. The van der Waals surface area contributed by atoms with E-state index >= 15 is 0 Å². The van der Waals surface area contributed by atoms with Crippen LogP contribution >= 0.6 is 11.6 Å².